The Bertz CT molecular complexity index is 1170. The Kier molecular flexibility index (Phi) is 6.71. The molecule has 1 N–H and O–H groups in total. The van der Waals surface area contributed by atoms with Gasteiger partial charge in [-0.15, -0.1) is 0 Å². The summed E-state index contributed by atoms with van der Waals surface area (Å²) < 4.78 is 18.6. The summed E-state index contributed by atoms with van der Waals surface area (Å²) >= 11 is 0. The molecule has 0 aliphatic carbocycles. The van der Waals surface area contributed by atoms with Crippen molar-refractivity contribution in [2.75, 3.05) is 11.9 Å². The third-order valence-electron chi connectivity index (χ3n) is 4.22. The van der Waals surface area contributed by atoms with E-state index in [2.05, 4.69) is 11.4 Å². The highest BCUT2D eigenvalue weighted by Gasteiger charge is 2.10. The number of halogens is 1. The van der Waals surface area contributed by atoms with Crippen molar-refractivity contribution in [3.63, 3.8) is 0 Å². The highest BCUT2D eigenvalue weighted by molar-refractivity contribution is 5.92. The van der Waals surface area contributed by atoms with Gasteiger partial charge in [0.15, 0.2) is 6.61 Å². The van der Waals surface area contributed by atoms with Crippen molar-refractivity contribution < 1.29 is 18.8 Å². The summed E-state index contributed by atoms with van der Waals surface area (Å²) in [5, 5.41) is 22.9. The minimum absolute atomic E-state index is 0.0723. The molecule has 3 aromatic carbocycles. The van der Waals surface area contributed by atoms with Crippen LogP contribution in [0.4, 0.5) is 15.8 Å². The van der Waals surface area contributed by atoms with Gasteiger partial charge in [0.1, 0.15) is 11.6 Å². The van der Waals surface area contributed by atoms with Crippen LogP contribution in [0.25, 0.3) is 11.6 Å². The smallest absolute Gasteiger partial charge is 0.269 e. The van der Waals surface area contributed by atoms with Crippen molar-refractivity contribution in [3.05, 3.63) is 99.9 Å². The van der Waals surface area contributed by atoms with Crippen molar-refractivity contribution in [1.29, 1.82) is 5.26 Å². The third kappa shape index (κ3) is 5.74. The fourth-order valence-corrected chi connectivity index (χ4v) is 2.70. The van der Waals surface area contributed by atoms with Gasteiger partial charge in [0.05, 0.1) is 16.6 Å². The molecule has 154 valence electrons. The molecular formula is C23H16FN3O4. The minimum Gasteiger partial charge on any atom is -0.483 e. The topological polar surface area (TPSA) is 105 Å². The number of nitrogens with zero attached hydrogens (tertiary/aromatic N) is 2. The molecule has 0 atom stereocenters. The maximum atomic E-state index is 13.0. The first-order valence-corrected chi connectivity index (χ1v) is 9.10. The zero-order valence-electron chi connectivity index (χ0n) is 16.1. The van der Waals surface area contributed by atoms with Crippen LogP contribution >= 0.6 is 0 Å². The Morgan fingerprint density at radius 1 is 1.10 bits per heavy atom. The number of hydrogen-bond donors (Lipinski definition) is 1. The van der Waals surface area contributed by atoms with Crippen LogP contribution in [0.5, 0.6) is 5.75 Å². The second-order valence-electron chi connectivity index (χ2n) is 6.36. The molecule has 0 aliphatic heterocycles. The Hall–Kier alpha value is -4.51. The number of hydrogen-bond acceptors (Lipinski definition) is 5. The average Bonchev–Trinajstić information content (AvgIpc) is 2.78. The van der Waals surface area contributed by atoms with Crippen LogP contribution < -0.4 is 10.1 Å². The summed E-state index contributed by atoms with van der Waals surface area (Å²) in [6.45, 7) is -0.290. The van der Waals surface area contributed by atoms with Gasteiger partial charge < -0.3 is 10.1 Å². The molecule has 0 aromatic heterocycles. The van der Waals surface area contributed by atoms with Crippen molar-refractivity contribution in [2.24, 2.45) is 0 Å². The number of amides is 1. The lowest BCUT2D eigenvalue weighted by atomic mass is 10.0. The predicted octanol–water partition coefficient (Wildman–Crippen LogP) is 4.82. The van der Waals surface area contributed by atoms with Crippen LogP contribution in [0.1, 0.15) is 11.1 Å². The van der Waals surface area contributed by atoms with Crippen LogP contribution in [0.2, 0.25) is 0 Å². The number of carbonyl (C=O) groups is 1. The number of rotatable bonds is 7. The number of nitro groups is 1. The molecule has 1 amide bonds. The second kappa shape index (κ2) is 9.80. The van der Waals surface area contributed by atoms with Crippen LogP contribution in [-0.4, -0.2) is 17.4 Å². The van der Waals surface area contributed by atoms with E-state index in [0.29, 0.717) is 22.6 Å². The fourth-order valence-electron chi connectivity index (χ4n) is 2.70. The first-order chi connectivity index (χ1) is 15.0. The van der Waals surface area contributed by atoms with Crippen LogP contribution in [-0.2, 0) is 4.79 Å². The molecule has 0 heterocycles. The maximum Gasteiger partial charge on any atom is 0.269 e. The van der Waals surface area contributed by atoms with Crippen LogP contribution in [0.15, 0.2) is 72.8 Å². The van der Waals surface area contributed by atoms with Crippen molar-refractivity contribution in [3.8, 4) is 11.8 Å². The van der Waals surface area contributed by atoms with E-state index in [-0.39, 0.29) is 17.9 Å². The lowest BCUT2D eigenvalue weighted by Gasteiger charge is -2.10. The van der Waals surface area contributed by atoms with Crippen LogP contribution in [0.3, 0.4) is 0 Å². The van der Waals surface area contributed by atoms with Gasteiger partial charge in [-0.05, 0) is 54.1 Å². The van der Waals surface area contributed by atoms with E-state index in [0.717, 1.165) is 0 Å². The molecule has 0 saturated carbocycles. The van der Waals surface area contributed by atoms with Gasteiger partial charge in [-0.1, -0.05) is 18.2 Å². The number of nitro benzene ring substituents is 1. The van der Waals surface area contributed by atoms with E-state index < -0.39 is 16.6 Å². The Morgan fingerprint density at radius 3 is 2.42 bits per heavy atom. The number of benzene rings is 3. The minimum atomic E-state index is -0.514. The van der Waals surface area contributed by atoms with E-state index in [1.807, 2.05) is 0 Å². The number of anilines is 1. The molecule has 0 radical (unpaired) electrons. The van der Waals surface area contributed by atoms with Gasteiger partial charge >= 0.3 is 0 Å². The van der Waals surface area contributed by atoms with Gasteiger partial charge in [-0.3, -0.25) is 14.9 Å². The largest absolute Gasteiger partial charge is 0.483 e. The van der Waals surface area contributed by atoms with E-state index >= 15 is 0 Å². The summed E-state index contributed by atoms with van der Waals surface area (Å²) in [7, 11) is 0. The Balaban J connectivity index is 1.74. The highest BCUT2D eigenvalue weighted by atomic mass is 19.1. The fraction of sp³-hybridized carbons (Fsp3) is 0.0435. The number of non-ortho nitro benzene ring substituents is 1. The number of ether oxygens (including phenoxy) is 1. The zero-order valence-corrected chi connectivity index (χ0v) is 16.1. The Morgan fingerprint density at radius 2 is 1.77 bits per heavy atom. The van der Waals surface area contributed by atoms with Gasteiger partial charge in [0.2, 0.25) is 0 Å². The van der Waals surface area contributed by atoms with Gasteiger partial charge in [0.25, 0.3) is 11.6 Å². The lowest BCUT2D eigenvalue weighted by molar-refractivity contribution is -0.384. The number of nitriles is 1. The molecule has 3 rings (SSSR count). The zero-order chi connectivity index (χ0) is 22.2. The summed E-state index contributed by atoms with van der Waals surface area (Å²) in [5.74, 6) is -0.455. The molecule has 0 bridgehead atoms. The molecule has 7 nitrogen and oxygen atoms in total. The molecule has 0 fully saturated rings. The van der Waals surface area contributed by atoms with Crippen molar-refractivity contribution >= 4 is 28.9 Å². The van der Waals surface area contributed by atoms with E-state index in [9.17, 15) is 24.6 Å². The summed E-state index contributed by atoms with van der Waals surface area (Å²) in [4.78, 5) is 22.4. The van der Waals surface area contributed by atoms with Gasteiger partial charge in [-0.25, -0.2) is 4.39 Å². The van der Waals surface area contributed by atoms with Crippen molar-refractivity contribution in [2.45, 2.75) is 0 Å². The standard InChI is InChI=1S/C23H16FN3O4/c24-19-7-9-20(10-8-19)26-23(28)15-31-22-4-2-1-3-17(22)13-18(14-25)16-5-11-21(12-6-16)27(29)30/h1-13H,15H2,(H,26,28)/b18-13-. The molecular weight excluding hydrogens is 401 g/mol. The SMILES string of the molecule is N#C/C(=C/c1ccccc1OCC(=O)Nc1ccc(F)cc1)c1ccc([N+](=O)[O-])cc1. The Labute approximate surface area is 177 Å². The highest BCUT2D eigenvalue weighted by Crippen LogP contribution is 2.25. The monoisotopic (exact) mass is 417 g/mol. The summed E-state index contributed by atoms with van der Waals surface area (Å²) in [6, 6.07) is 19.9. The molecule has 0 aliphatic rings. The number of carbonyl (C=O) groups excluding carboxylic acids is 1. The number of allylic oxidation sites excluding steroid dienone is 1. The third-order valence-corrected chi connectivity index (χ3v) is 4.22. The predicted molar refractivity (Wildman–Crippen MR) is 114 cm³/mol. The molecule has 31 heavy (non-hydrogen) atoms. The van der Waals surface area contributed by atoms with E-state index in [1.54, 1.807) is 30.3 Å². The van der Waals surface area contributed by atoms with Gasteiger partial charge in [0, 0.05) is 23.4 Å². The normalized spacial score (nSPS) is 10.8. The van der Waals surface area contributed by atoms with E-state index in [1.165, 1.54) is 48.5 Å². The summed E-state index contributed by atoms with van der Waals surface area (Å²) in [6.07, 6.45) is 1.58. The second-order valence-corrected chi connectivity index (χ2v) is 6.36. The van der Waals surface area contributed by atoms with Crippen LogP contribution in [0, 0.1) is 27.3 Å². The molecule has 0 spiro atoms. The van der Waals surface area contributed by atoms with Gasteiger partial charge in [-0.2, -0.15) is 5.26 Å². The molecule has 3 aromatic rings. The first-order valence-electron chi connectivity index (χ1n) is 9.10. The summed E-state index contributed by atoms with van der Waals surface area (Å²) in [5.41, 5.74) is 1.72. The average molecular weight is 417 g/mol. The molecule has 0 unspecified atom stereocenters. The molecule has 0 saturated heterocycles. The van der Waals surface area contributed by atoms with E-state index in [4.69, 9.17) is 4.74 Å². The number of nitrogens with one attached hydrogen (secondary N) is 1. The molecule has 8 heteroatoms. The lowest BCUT2D eigenvalue weighted by Crippen LogP contribution is -2.20. The quantitative estimate of drug-likeness (QED) is 0.257. The first kappa shape index (κ1) is 21.2. The maximum absolute atomic E-state index is 13.0. The van der Waals surface area contributed by atoms with Crippen molar-refractivity contribution in [1.82, 2.24) is 0 Å². The number of para-hydroxylation sites is 1.